The minimum atomic E-state index is 0.457. The summed E-state index contributed by atoms with van der Waals surface area (Å²) in [5, 5.41) is 4.04. The molecular formula is C20H40N2. The number of hydrogen-bond donors (Lipinski definition) is 1. The molecule has 3 atom stereocenters. The summed E-state index contributed by atoms with van der Waals surface area (Å²) in [4.78, 5) is 2.76. The normalized spacial score (nSPS) is 30.4. The van der Waals surface area contributed by atoms with Crippen molar-refractivity contribution in [3.63, 3.8) is 0 Å². The van der Waals surface area contributed by atoms with E-state index >= 15 is 0 Å². The van der Waals surface area contributed by atoms with Gasteiger partial charge in [-0.3, -0.25) is 4.90 Å². The smallest absolute Gasteiger partial charge is 0.0200 e. The molecule has 2 aliphatic rings. The zero-order chi connectivity index (χ0) is 16.2. The van der Waals surface area contributed by atoms with E-state index in [-0.39, 0.29) is 0 Å². The summed E-state index contributed by atoms with van der Waals surface area (Å²) in [5.41, 5.74) is 0.457. The fourth-order valence-corrected chi connectivity index (χ4v) is 4.60. The first-order chi connectivity index (χ1) is 10.4. The molecule has 130 valence electrons. The van der Waals surface area contributed by atoms with Crippen molar-refractivity contribution < 1.29 is 0 Å². The fourth-order valence-electron chi connectivity index (χ4n) is 4.60. The topological polar surface area (TPSA) is 15.3 Å². The molecule has 0 aromatic rings. The molecule has 1 N–H and O–H groups in total. The lowest BCUT2D eigenvalue weighted by molar-refractivity contribution is 0.0768. The van der Waals surface area contributed by atoms with Gasteiger partial charge >= 0.3 is 0 Å². The number of likely N-dealkylation sites (tertiary alicyclic amines) is 1. The van der Waals surface area contributed by atoms with Gasteiger partial charge in [0.15, 0.2) is 0 Å². The second-order valence-corrected chi connectivity index (χ2v) is 9.28. The van der Waals surface area contributed by atoms with Crippen LogP contribution in [0, 0.1) is 11.3 Å². The van der Waals surface area contributed by atoms with Gasteiger partial charge < -0.3 is 5.32 Å². The van der Waals surface area contributed by atoms with Crippen molar-refractivity contribution in [2.45, 2.75) is 104 Å². The molecule has 2 heteroatoms. The molecule has 1 aliphatic heterocycles. The molecule has 0 aromatic heterocycles. The van der Waals surface area contributed by atoms with Gasteiger partial charge in [0.2, 0.25) is 0 Å². The maximum Gasteiger partial charge on any atom is 0.0200 e. The van der Waals surface area contributed by atoms with Gasteiger partial charge in [0.1, 0.15) is 0 Å². The Morgan fingerprint density at radius 3 is 2.32 bits per heavy atom. The quantitative estimate of drug-likeness (QED) is 0.782. The average Bonchev–Trinajstić information content (AvgIpc) is 2.45. The zero-order valence-corrected chi connectivity index (χ0v) is 15.8. The summed E-state index contributed by atoms with van der Waals surface area (Å²) in [6.07, 6.45) is 11.2. The Kier molecular flexibility index (Phi) is 6.76. The van der Waals surface area contributed by atoms with E-state index in [1.54, 1.807) is 0 Å². The minimum absolute atomic E-state index is 0.457. The van der Waals surface area contributed by atoms with E-state index in [0.29, 0.717) is 5.41 Å². The van der Waals surface area contributed by atoms with Crippen molar-refractivity contribution in [2.75, 3.05) is 13.1 Å². The lowest BCUT2D eigenvalue weighted by atomic mass is 9.79. The predicted molar refractivity (Wildman–Crippen MR) is 97.3 cm³/mol. The van der Waals surface area contributed by atoms with E-state index in [0.717, 1.165) is 24.0 Å². The monoisotopic (exact) mass is 308 g/mol. The fraction of sp³-hybridized carbons (Fsp3) is 1.00. The van der Waals surface area contributed by atoms with Crippen molar-refractivity contribution >= 4 is 0 Å². The van der Waals surface area contributed by atoms with Crippen molar-refractivity contribution in [1.82, 2.24) is 10.2 Å². The summed E-state index contributed by atoms with van der Waals surface area (Å²) in [6.45, 7) is 14.5. The highest BCUT2D eigenvalue weighted by molar-refractivity contribution is 4.89. The first-order valence-corrected chi connectivity index (χ1v) is 9.87. The third-order valence-electron chi connectivity index (χ3n) is 5.76. The molecule has 0 aromatic carbocycles. The van der Waals surface area contributed by atoms with Crippen molar-refractivity contribution in [3.05, 3.63) is 0 Å². The maximum absolute atomic E-state index is 4.04. The van der Waals surface area contributed by atoms with Crippen LogP contribution >= 0.6 is 0 Å². The molecule has 2 fully saturated rings. The van der Waals surface area contributed by atoms with Crippen LogP contribution in [0.4, 0.5) is 0 Å². The zero-order valence-electron chi connectivity index (χ0n) is 15.8. The van der Waals surface area contributed by atoms with Crippen LogP contribution in [-0.4, -0.2) is 36.1 Å². The molecule has 0 amide bonds. The van der Waals surface area contributed by atoms with E-state index in [2.05, 4.69) is 44.8 Å². The van der Waals surface area contributed by atoms with Crippen molar-refractivity contribution in [1.29, 1.82) is 0 Å². The van der Waals surface area contributed by atoms with Crippen molar-refractivity contribution in [2.24, 2.45) is 11.3 Å². The number of nitrogens with zero attached hydrogens (tertiary/aromatic N) is 1. The molecule has 0 spiro atoms. The van der Waals surface area contributed by atoms with E-state index < -0.39 is 0 Å². The van der Waals surface area contributed by atoms with E-state index in [4.69, 9.17) is 0 Å². The Labute approximate surface area is 139 Å². The van der Waals surface area contributed by atoms with Gasteiger partial charge in [-0.2, -0.15) is 0 Å². The molecule has 2 rings (SSSR count). The van der Waals surface area contributed by atoms with Crippen LogP contribution in [0.5, 0.6) is 0 Å². The number of hydrogen-bond acceptors (Lipinski definition) is 2. The minimum Gasteiger partial charge on any atom is -0.310 e. The Balaban J connectivity index is 1.94. The molecule has 0 radical (unpaired) electrons. The van der Waals surface area contributed by atoms with Crippen LogP contribution < -0.4 is 5.32 Å². The number of nitrogens with one attached hydrogen (secondary N) is 1. The molecule has 1 heterocycles. The van der Waals surface area contributed by atoms with Crippen LogP contribution in [0.3, 0.4) is 0 Å². The number of piperidine rings is 1. The third kappa shape index (κ3) is 5.85. The molecule has 1 saturated heterocycles. The van der Waals surface area contributed by atoms with Gasteiger partial charge in [0.05, 0.1) is 0 Å². The van der Waals surface area contributed by atoms with Crippen LogP contribution in [0.1, 0.15) is 86.0 Å². The standard InChI is InChI=1S/C20H40N2/c1-6-16(2)22-14-17(13-20(3,4)5)12-19(15-22)21-18-10-8-7-9-11-18/h16-19,21H,6-15H2,1-5H3. The lowest BCUT2D eigenvalue weighted by Gasteiger charge is -2.44. The van der Waals surface area contributed by atoms with Crippen LogP contribution in [0.2, 0.25) is 0 Å². The molecule has 1 saturated carbocycles. The second-order valence-electron chi connectivity index (χ2n) is 9.28. The second kappa shape index (κ2) is 8.15. The summed E-state index contributed by atoms with van der Waals surface area (Å²) in [6, 6.07) is 2.25. The lowest BCUT2D eigenvalue weighted by Crippen LogP contribution is -2.54. The van der Waals surface area contributed by atoms with E-state index in [1.165, 1.54) is 64.5 Å². The first-order valence-electron chi connectivity index (χ1n) is 9.87. The summed E-state index contributed by atoms with van der Waals surface area (Å²) in [5.74, 6) is 0.865. The summed E-state index contributed by atoms with van der Waals surface area (Å²) < 4.78 is 0. The highest BCUT2D eigenvalue weighted by atomic mass is 15.2. The Morgan fingerprint density at radius 2 is 1.73 bits per heavy atom. The van der Waals surface area contributed by atoms with Crippen LogP contribution in [-0.2, 0) is 0 Å². The molecule has 22 heavy (non-hydrogen) atoms. The van der Waals surface area contributed by atoms with Gasteiger partial charge in [0.25, 0.3) is 0 Å². The Hall–Kier alpha value is -0.0800. The Morgan fingerprint density at radius 1 is 1.05 bits per heavy atom. The summed E-state index contributed by atoms with van der Waals surface area (Å²) >= 11 is 0. The van der Waals surface area contributed by atoms with Gasteiger partial charge in [-0.25, -0.2) is 0 Å². The Bertz CT molecular complexity index is 312. The highest BCUT2D eigenvalue weighted by Crippen LogP contribution is 2.32. The SMILES string of the molecule is CCC(C)N1CC(CC(C)(C)C)CC(NC2CCCCC2)C1. The molecular weight excluding hydrogens is 268 g/mol. The molecule has 1 aliphatic carbocycles. The molecule has 0 bridgehead atoms. The van der Waals surface area contributed by atoms with Gasteiger partial charge in [-0.05, 0) is 50.4 Å². The van der Waals surface area contributed by atoms with Crippen LogP contribution in [0.25, 0.3) is 0 Å². The maximum atomic E-state index is 4.04. The molecule has 3 unspecified atom stereocenters. The average molecular weight is 309 g/mol. The molecule has 2 nitrogen and oxygen atoms in total. The summed E-state index contributed by atoms with van der Waals surface area (Å²) in [7, 11) is 0. The first kappa shape index (κ1) is 18.3. The largest absolute Gasteiger partial charge is 0.310 e. The highest BCUT2D eigenvalue weighted by Gasteiger charge is 2.32. The third-order valence-corrected chi connectivity index (χ3v) is 5.76. The van der Waals surface area contributed by atoms with Gasteiger partial charge in [-0.1, -0.05) is 47.0 Å². The number of rotatable bonds is 5. The van der Waals surface area contributed by atoms with Gasteiger partial charge in [-0.15, -0.1) is 0 Å². The van der Waals surface area contributed by atoms with E-state index in [1.807, 2.05) is 0 Å². The van der Waals surface area contributed by atoms with E-state index in [9.17, 15) is 0 Å². The van der Waals surface area contributed by atoms with Gasteiger partial charge in [0, 0.05) is 31.2 Å². The van der Waals surface area contributed by atoms with Crippen LogP contribution in [0.15, 0.2) is 0 Å². The van der Waals surface area contributed by atoms with Crippen molar-refractivity contribution in [3.8, 4) is 0 Å². The predicted octanol–water partition coefficient (Wildman–Crippen LogP) is 4.83.